The fourth-order valence-electron chi connectivity index (χ4n) is 1.82. The monoisotopic (exact) mass is 321 g/mol. The van der Waals surface area contributed by atoms with Crippen LogP contribution in [-0.4, -0.2) is 32.7 Å². The summed E-state index contributed by atoms with van der Waals surface area (Å²) < 4.78 is 0. The number of halogens is 1. The first-order valence-electron chi connectivity index (χ1n) is 6.15. The van der Waals surface area contributed by atoms with Gasteiger partial charge in [0.15, 0.2) is 11.5 Å². The molecule has 114 valence electrons. The quantitative estimate of drug-likeness (QED) is 0.679. The van der Waals surface area contributed by atoms with E-state index in [0.29, 0.717) is 10.6 Å². The Morgan fingerprint density at radius 2 is 2.09 bits per heavy atom. The molecule has 2 rings (SSSR count). The molecule has 0 radical (unpaired) electrons. The van der Waals surface area contributed by atoms with Crippen molar-refractivity contribution in [1.29, 1.82) is 0 Å². The summed E-state index contributed by atoms with van der Waals surface area (Å²) in [6.45, 7) is 0.0787. The summed E-state index contributed by atoms with van der Waals surface area (Å²) in [6.07, 6.45) is 2.74. The van der Waals surface area contributed by atoms with Gasteiger partial charge in [0.05, 0.1) is 4.92 Å². The molecule has 22 heavy (non-hydrogen) atoms. The Morgan fingerprint density at radius 3 is 2.73 bits per heavy atom. The lowest BCUT2D eigenvalue weighted by Crippen LogP contribution is -2.28. The fourth-order valence-corrected chi connectivity index (χ4v) is 1.99. The van der Waals surface area contributed by atoms with Crippen LogP contribution in [0.2, 0.25) is 5.02 Å². The number of amides is 1. The van der Waals surface area contributed by atoms with Gasteiger partial charge in [0.25, 0.3) is 11.6 Å². The Bertz CT molecular complexity index is 737. The number of nitro benzene ring substituents is 1. The van der Waals surface area contributed by atoms with Gasteiger partial charge in [0.2, 0.25) is 0 Å². The molecule has 0 fully saturated rings. The normalized spacial score (nSPS) is 10.3. The van der Waals surface area contributed by atoms with Crippen molar-refractivity contribution in [1.82, 2.24) is 14.9 Å². The average Bonchev–Trinajstić information content (AvgIpc) is 2.49. The van der Waals surface area contributed by atoms with Crippen molar-refractivity contribution in [3.8, 4) is 0 Å². The molecular formula is C13H12ClN5O3. The minimum atomic E-state index is -0.525. The van der Waals surface area contributed by atoms with E-state index in [1.165, 1.54) is 42.5 Å². The van der Waals surface area contributed by atoms with Gasteiger partial charge in [0.1, 0.15) is 0 Å². The van der Waals surface area contributed by atoms with E-state index >= 15 is 0 Å². The molecule has 0 saturated heterocycles. The summed E-state index contributed by atoms with van der Waals surface area (Å²) in [5.41, 5.74) is 5.98. The second-order valence-corrected chi connectivity index (χ2v) is 4.89. The summed E-state index contributed by atoms with van der Waals surface area (Å²) in [5.74, 6) is -0.433. The molecule has 2 N–H and O–H groups in total. The number of carbonyl (C=O) groups is 1. The predicted molar refractivity (Wildman–Crippen MR) is 80.3 cm³/mol. The lowest BCUT2D eigenvalue weighted by Gasteiger charge is -2.17. The predicted octanol–water partition coefficient (Wildman–Crippen LogP) is 1.89. The molecule has 1 aromatic heterocycles. The number of rotatable bonds is 4. The van der Waals surface area contributed by atoms with Gasteiger partial charge in [0, 0.05) is 43.1 Å². The zero-order chi connectivity index (χ0) is 16.3. The molecule has 0 unspecified atom stereocenters. The molecule has 1 aromatic carbocycles. The third kappa shape index (κ3) is 3.29. The number of carbonyl (C=O) groups excluding carboxylic acids is 1. The highest BCUT2D eigenvalue weighted by Crippen LogP contribution is 2.23. The highest BCUT2D eigenvalue weighted by atomic mass is 35.5. The van der Waals surface area contributed by atoms with Gasteiger partial charge in [-0.2, -0.15) is 0 Å². The van der Waals surface area contributed by atoms with Gasteiger partial charge in [-0.15, -0.1) is 0 Å². The van der Waals surface area contributed by atoms with Gasteiger partial charge >= 0.3 is 0 Å². The van der Waals surface area contributed by atoms with Gasteiger partial charge in [-0.3, -0.25) is 14.9 Å². The van der Waals surface area contributed by atoms with Crippen LogP contribution in [0.5, 0.6) is 0 Å². The smallest absolute Gasteiger partial charge is 0.276 e. The number of benzene rings is 1. The standard InChI is InChI=1S/C13H12ClN5O3/c1-18(13(20)11-12(15)17-5-4-16-11)7-8-6-9(19(21)22)2-3-10(8)14/h2-6H,7H2,1H3,(H2,15,17). The third-order valence-corrected chi connectivity index (χ3v) is 3.29. The Kier molecular flexibility index (Phi) is 4.52. The Balaban J connectivity index is 2.24. The number of non-ortho nitro benzene ring substituents is 1. The summed E-state index contributed by atoms with van der Waals surface area (Å²) in [5, 5.41) is 11.1. The highest BCUT2D eigenvalue weighted by molar-refractivity contribution is 6.31. The van der Waals surface area contributed by atoms with E-state index in [0.717, 1.165) is 0 Å². The zero-order valence-electron chi connectivity index (χ0n) is 11.6. The summed E-state index contributed by atoms with van der Waals surface area (Å²) in [6, 6.07) is 4.05. The van der Waals surface area contributed by atoms with E-state index in [1.54, 1.807) is 0 Å². The second kappa shape index (κ2) is 6.35. The van der Waals surface area contributed by atoms with Crippen molar-refractivity contribution in [2.75, 3.05) is 12.8 Å². The van der Waals surface area contributed by atoms with Gasteiger partial charge in [-0.25, -0.2) is 9.97 Å². The molecule has 0 aliphatic rings. The van der Waals surface area contributed by atoms with Gasteiger partial charge in [-0.1, -0.05) is 11.6 Å². The molecule has 0 bridgehead atoms. The summed E-state index contributed by atoms with van der Waals surface area (Å²) in [7, 11) is 1.52. The van der Waals surface area contributed by atoms with Crippen molar-refractivity contribution < 1.29 is 9.72 Å². The molecule has 1 heterocycles. The molecule has 0 spiro atoms. The number of nitrogens with two attached hydrogens (primary N) is 1. The van der Waals surface area contributed by atoms with Crippen LogP contribution in [0.1, 0.15) is 16.1 Å². The third-order valence-electron chi connectivity index (χ3n) is 2.92. The van der Waals surface area contributed by atoms with Crippen molar-refractivity contribution in [3.63, 3.8) is 0 Å². The molecule has 1 amide bonds. The molecule has 0 atom stereocenters. The van der Waals surface area contributed by atoms with Crippen LogP contribution in [0.3, 0.4) is 0 Å². The van der Waals surface area contributed by atoms with E-state index in [9.17, 15) is 14.9 Å². The maximum atomic E-state index is 12.3. The number of aromatic nitrogens is 2. The Labute approximate surface area is 130 Å². The topological polar surface area (TPSA) is 115 Å². The molecule has 8 nitrogen and oxygen atoms in total. The molecule has 0 aliphatic carbocycles. The molecule has 2 aromatic rings. The minimum Gasteiger partial charge on any atom is -0.382 e. The molecular weight excluding hydrogens is 310 g/mol. The van der Waals surface area contributed by atoms with Crippen LogP contribution in [-0.2, 0) is 6.54 Å². The maximum absolute atomic E-state index is 12.3. The lowest BCUT2D eigenvalue weighted by molar-refractivity contribution is -0.384. The zero-order valence-corrected chi connectivity index (χ0v) is 12.3. The number of anilines is 1. The SMILES string of the molecule is CN(Cc1cc([N+](=O)[O-])ccc1Cl)C(=O)c1nccnc1N. The Morgan fingerprint density at radius 1 is 1.41 bits per heavy atom. The molecule has 0 aliphatic heterocycles. The number of hydrogen-bond donors (Lipinski definition) is 1. The molecule has 0 saturated carbocycles. The van der Waals surface area contributed by atoms with Crippen molar-refractivity contribution in [2.45, 2.75) is 6.54 Å². The number of nitrogen functional groups attached to an aromatic ring is 1. The van der Waals surface area contributed by atoms with Gasteiger partial charge < -0.3 is 10.6 Å². The number of nitrogens with zero attached hydrogens (tertiary/aromatic N) is 4. The number of nitro groups is 1. The van der Waals surface area contributed by atoms with Crippen molar-refractivity contribution in [3.05, 3.63) is 57.0 Å². The first-order valence-corrected chi connectivity index (χ1v) is 6.52. The van der Waals surface area contributed by atoms with Crippen molar-refractivity contribution >= 4 is 29.0 Å². The maximum Gasteiger partial charge on any atom is 0.276 e. The van der Waals surface area contributed by atoms with E-state index in [2.05, 4.69) is 9.97 Å². The summed E-state index contributed by atoms with van der Waals surface area (Å²) >= 11 is 6.01. The van der Waals surface area contributed by atoms with Crippen LogP contribution in [0.25, 0.3) is 0 Å². The van der Waals surface area contributed by atoms with Crippen LogP contribution >= 0.6 is 11.6 Å². The fraction of sp³-hybridized carbons (Fsp3) is 0.154. The first kappa shape index (κ1) is 15.6. The molecule has 9 heteroatoms. The first-order chi connectivity index (χ1) is 10.4. The van der Waals surface area contributed by atoms with E-state index in [-0.39, 0.29) is 23.7 Å². The highest BCUT2D eigenvalue weighted by Gasteiger charge is 2.19. The van der Waals surface area contributed by atoms with Gasteiger partial charge in [-0.05, 0) is 11.6 Å². The lowest BCUT2D eigenvalue weighted by atomic mass is 10.2. The number of hydrogen-bond acceptors (Lipinski definition) is 6. The van der Waals surface area contributed by atoms with Crippen molar-refractivity contribution in [2.24, 2.45) is 0 Å². The van der Waals surface area contributed by atoms with E-state index in [1.807, 2.05) is 0 Å². The van der Waals surface area contributed by atoms with E-state index in [4.69, 9.17) is 17.3 Å². The summed E-state index contributed by atoms with van der Waals surface area (Å²) in [4.78, 5) is 31.5. The van der Waals surface area contributed by atoms with E-state index < -0.39 is 10.8 Å². The largest absolute Gasteiger partial charge is 0.382 e. The Hall–Kier alpha value is -2.74. The van der Waals surface area contributed by atoms with Crippen LogP contribution in [0.4, 0.5) is 11.5 Å². The average molecular weight is 322 g/mol. The van der Waals surface area contributed by atoms with Crippen LogP contribution in [0.15, 0.2) is 30.6 Å². The second-order valence-electron chi connectivity index (χ2n) is 4.48. The minimum absolute atomic E-state index is 0.0180. The van der Waals surface area contributed by atoms with Crippen LogP contribution < -0.4 is 5.73 Å². The van der Waals surface area contributed by atoms with Crippen LogP contribution in [0, 0.1) is 10.1 Å².